The quantitative estimate of drug-likeness (QED) is 0.690. The molecule has 0 N–H and O–H groups in total. The summed E-state index contributed by atoms with van der Waals surface area (Å²) in [4.78, 5) is 11.1. The average Bonchev–Trinajstić information content (AvgIpc) is 3.01. The van der Waals surface area contributed by atoms with Crippen molar-refractivity contribution >= 4 is 5.78 Å². The molecule has 0 saturated heterocycles. The Kier molecular flexibility index (Phi) is 5.29. The van der Waals surface area contributed by atoms with Gasteiger partial charge in [-0.2, -0.15) is 0 Å². The number of fused-ring (bicyclic) bond motifs is 2. The van der Waals surface area contributed by atoms with Gasteiger partial charge in [-0.05, 0) is 30.9 Å². The predicted molar refractivity (Wildman–Crippen MR) is 75.4 cm³/mol. The third-order valence-electron chi connectivity index (χ3n) is 3.34. The van der Waals surface area contributed by atoms with Gasteiger partial charge in [0.2, 0.25) is 0 Å². The molecule has 2 aliphatic rings. The third kappa shape index (κ3) is 3.30. The Hall–Kier alpha value is -1.41. The zero-order chi connectivity index (χ0) is 13.6. The van der Waals surface area contributed by atoms with Crippen molar-refractivity contribution in [2.24, 2.45) is 0 Å². The topological polar surface area (TPSA) is 26.3 Å². The Labute approximate surface area is 110 Å². The van der Waals surface area contributed by atoms with Crippen LogP contribution in [0.3, 0.4) is 0 Å². The number of allylic oxidation sites excluding steroid dienone is 6. The third-order valence-corrected chi connectivity index (χ3v) is 3.34. The van der Waals surface area contributed by atoms with Crippen LogP contribution in [0.4, 0.5) is 0 Å². The van der Waals surface area contributed by atoms with Crippen molar-refractivity contribution < 1.29 is 9.53 Å². The maximum Gasteiger partial charge on any atom is 0.165 e. The highest BCUT2D eigenvalue weighted by Crippen LogP contribution is 2.27. The molecule has 0 heterocycles. The summed E-state index contributed by atoms with van der Waals surface area (Å²) in [6.07, 6.45) is 13.1. The summed E-state index contributed by atoms with van der Waals surface area (Å²) in [5, 5.41) is 0. The van der Waals surface area contributed by atoms with E-state index in [9.17, 15) is 4.79 Å². The first kappa shape index (κ1) is 14.7. The molecule has 0 amide bonds. The molecule has 2 nitrogen and oxygen atoms in total. The Morgan fingerprint density at radius 3 is 2.11 bits per heavy atom. The lowest BCUT2D eigenvalue weighted by Gasteiger charge is -2.25. The van der Waals surface area contributed by atoms with Gasteiger partial charge < -0.3 is 4.74 Å². The molecule has 2 aliphatic carbocycles. The van der Waals surface area contributed by atoms with Gasteiger partial charge in [-0.25, -0.2) is 0 Å². The van der Waals surface area contributed by atoms with E-state index in [1.165, 1.54) is 24.5 Å². The van der Waals surface area contributed by atoms with E-state index in [-0.39, 0.29) is 5.78 Å². The second kappa shape index (κ2) is 6.50. The minimum atomic E-state index is -0.741. The summed E-state index contributed by atoms with van der Waals surface area (Å²) in [7, 11) is 1.54. The van der Waals surface area contributed by atoms with Crippen LogP contribution in [0.5, 0.6) is 0 Å². The van der Waals surface area contributed by atoms with Crippen molar-refractivity contribution in [1.29, 1.82) is 0 Å². The van der Waals surface area contributed by atoms with E-state index in [0.717, 1.165) is 6.42 Å². The van der Waals surface area contributed by atoms with Crippen molar-refractivity contribution in [3.8, 4) is 0 Å². The fraction of sp³-hybridized carbons (Fsp3) is 0.438. The Morgan fingerprint density at radius 2 is 2.00 bits per heavy atom. The first-order chi connectivity index (χ1) is 8.57. The van der Waals surface area contributed by atoms with E-state index in [1.807, 2.05) is 6.92 Å². The van der Waals surface area contributed by atoms with E-state index >= 15 is 0 Å². The summed E-state index contributed by atoms with van der Waals surface area (Å²) in [5.74, 6) is 0.0249. The standard InChI is InChI=1S/C9H16O2.C7H6/c1-5-7-9(6-2,11-4)8(3)10;1-2-7-4-3-6(1)5-7/h6H,2,5,7H2,1,3-4H3;1-4H,5H2. The lowest BCUT2D eigenvalue weighted by molar-refractivity contribution is -0.134. The van der Waals surface area contributed by atoms with Crippen LogP contribution in [-0.2, 0) is 9.53 Å². The highest BCUT2D eigenvalue weighted by Gasteiger charge is 2.30. The molecular weight excluding hydrogens is 224 g/mol. The van der Waals surface area contributed by atoms with E-state index < -0.39 is 5.60 Å². The fourth-order valence-electron chi connectivity index (χ4n) is 2.13. The van der Waals surface area contributed by atoms with Crippen molar-refractivity contribution in [2.75, 3.05) is 7.11 Å². The highest BCUT2D eigenvalue weighted by molar-refractivity contribution is 5.87. The molecule has 18 heavy (non-hydrogen) atoms. The van der Waals surface area contributed by atoms with E-state index in [1.54, 1.807) is 13.2 Å². The van der Waals surface area contributed by atoms with Crippen molar-refractivity contribution in [2.45, 2.75) is 38.7 Å². The number of rotatable bonds is 5. The maximum atomic E-state index is 11.1. The van der Waals surface area contributed by atoms with E-state index in [0.29, 0.717) is 6.42 Å². The molecule has 0 fully saturated rings. The van der Waals surface area contributed by atoms with Gasteiger partial charge in [-0.3, -0.25) is 4.79 Å². The number of methoxy groups -OCH3 is 1. The molecule has 0 aromatic rings. The molecule has 2 rings (SSSR count). The SMILES string of the molecule is C1=CC2=CC=C1C2.C=CC(CCC)(OC)C(C)=O. The van der Waals surface area contributed by atoms with E-state index in [4.69, 9.17) is 4.74 Å². The van der Waals surface area contributed by atoms with Crippen LogP contribution in [0.1, 0.15) is 33.1 Å². The number of ketones is 1. The van der Waals surface area contributed by atoms with Crippen LogP contribution in [0.25, 0.3) is 0 Å². The molecule has 2 bridgehead atoms. The minimum Gasteiger partial charge on any atom is -0.366 e. The van der Waals surface area contributed by atoms with Crippen LogP contribution < -0.4 is 0 Å². The fourth-order valence-corrected chi connectivity index (χ4v) is 2.13. The van der Waals surface area contributed by atoms with Gasteiger partial charge in [0.15, 0.2) is 5.78 Å². The summed E-state index contributed by atoms with van der Waals surface area (Å²) in [5.41, 5.74) is 2.19. The molecule has 1 atom stereocenters. The van der Waals surface area contributed by atoms with Crippen LogP contribution in [0.15, 0.2) is 48.1 Å². The smallest absolute Gasteiger partial charge is 0.165 e. The number of hydrogen-bond donors (Lipinski definition) is 0. The molecule has 0 aliphatic heterocycles. The number of Topliss-reactive ketones (excluding diaryl/α,β-unsaturated/α-hetero) is 1. The van der Waals surface area contributed by atoms with Crippen LogP contribution >= 0.6 is 0 Å². The molecule has 2 heteroatoms. The molecule has 0 aromatic heterocycles. The molecule has 0 saturated carbocycles. The number of ether oxygens (including phenoxy) is 1. The highest BCUT2D eigenvalue weighted by atomic mass is 16.5. The van der Waals surface area contributed by atoms with Gasteiger partial charge in [-0.15, -0.1) is 0 Å². The Morgan fingerprint density at radius 1 is 1.44 bits per heavy atom. The van der Waals surface area contributed by atoms with Crippen molar-refractivity contribution in [1.82, 2.24) is 0 Å². The van der Waals surface area contributed by atoms with Crippen LogP contribution in [0, 0.1) is 0 Å². The molecule has 0 radical (unpaired) electrons. The lowest BCUT2D eigenvalue weighted by Crippen LogP contribution is -2.36. The maximum absolute atomic E-state index is 11.1. The number of hydrogen-bond acceptors (Lipinski definition) is 2. The molecule has 98 valence electrons. The van der Waals surface area contributed by atoms with E-state index in [2.05, 4.69) is 30.9 Å². The Balaban J connectivity index is 0.000000194. The van der Waals surface area contributed by atoms with Gasteiger partial charge in [-0.1, -0.05) is 50.3 Å². The van der Waals surface area contributed by atoms with Gasteiger partial charge >= 0.3 is 0 Å². The number of carbonyl (C=O) groups excluding carboxylic acids is 1. The van der Waals surface area contributed by atoms with Gasteiger partial charge in [0.1, 0.15) is 5.60 Å². The molecular formula is C16H22O2. The molecule has 0 spiro atoms. The lowest BCUT2D eigenvalue weighted by atomic mass is 9.94. The summed E-state index contributed by atoms with van der Waals surface area (Å²) in [6.45, 7) is 7.14. The largest absolute Gasteiger partial charge is 0.366 e. The molecule has 0 aromatic carbocycles. The summed E-state index contributed by atoms with van der Waals surface area (Å²) in [6, 6.07) is 0. The average molecular weight is 246 g/mol. The second-order valence-corrected chi connectivity index (χ2v) is 4.60. The van der Waals surface area contributed by atoms with Gasteiger partial charge in [0.25, 0.3) is 0 Å². The first-order valence-corrected chi connectivity index (χ1v) is 6.35. The van der Waals surface area contributed by atoms with Crippen molar-refractivity contribution in [3.05, 3.63) is 48.1 Å². The zero-order valence-corrected chi connectivity index (χ0v) is 11.5. The first-order valence-electron chi connectivity index (χ1n) is 6.35. The second-order valence-electron chi connectivity index (χ2n) is 4.60. The van der Waals surface area contributed by atoms with Gasteiger partial charge in [0, 0.05) is 7.11 Å². The number of carbonyl (C=O) groups is 1. The van der Waals surface area contributed by atoms with Crippen molar-refractivity contribution in [3.63, 3.8) is 0 Å². The normalized spacial score (nSPS) is 18.4. The Bertz CT molecular complexity index is 393. The van der Waals surface area contributed by atoms with Crippen LogP contribution in [-0.4, -0.2) is 18.5 Å². The summed E-state index contributed by atoms with van der Waals surface area (Å²) >= 11 is 0. The van der Waals surface area contributed by atoms with Gasteiger partial charge in [0.05, 0.1) is 0 Å². The zero-order valence-electron chi connectivity index (χ0n) is 11.5. The minimum absolute atomic E-state index is 0.0249. The molecule has 1 unspecified atom stereocenters. The summed E-state index contributed by atoms with van der Waals surface area (Å²) < 4.78 is 5.12. The monoisotopic (exact) mass is 246 g/mol. The van der Waals surface area contributed by atoms with Crippen LogP contribution in [0.2, 0.25) is 0 Å². The predicted octanol–water partition coefficient (Wildman–Crippen LogP) is 3.76.